The van der Waals surface area contributed by atoms with Crippen molar-refractivity contribution in [1.29, 1.82) is 0 Å². The molecule has 1 N–H and O–H groups in total. The molecule has 0 saturated heterocycles. The van der Waals surface area contributed by atoms with Crippen molar-refractivity contribution in [1.82, 2.24) is 0 Å². The first-order valence-corrected chi connectivity index (χ1v) is 7.29. The normalized spacial score (nSPS) is 9.91. The van der Waals surface area contributed by atoms with Crippen LogP contribution in [0.4, 0.5) is 5.69 Å². The monoisotopic (exact) mass is 307 g/mol. The van der Waals surface area contributed by atoms with Crippen LogP contribution in [0.1, 0.15) is 49.9 Å². The zero-order valence-electron chi connectivity index (χ0n) is 12.9. The molecule has 0 aliphatic heterocycles. The van der Waals surface area contributed by atoms with Gasteiger partial charge < -0.3 is 14.8 Å². The minimum Gasteiger partial charge on any atom is -0.428 e. The van der Waals surface area contributed by atoms with E-state index in [0.29, 0.717) is 30.5 Å². The van der Waals surface area contributed by atoms with Gasteiger partial charge in [0, 0.05) is 18.5 Å². The summed E-state index contributed by atoms with van der Waals surface area (Å²) in [7, 11) is 0. The van der Waals surface area contributed by atoms with E-state index in [-0.39, 0.29) is 5.91 Å². The van der Waals surface area contributed by atoms with Gasteiger partial charge in [0.05, 0.1) is 5.56 Å². The van der Waals surface area contributed by atoms with E-state index in [1.54, 1.807) is 12.1 Å². The van der Waals surface area contributed by atoms with Gasteiger partial charge in [-0.2, -0.15) is 0 Å². The summed E-state index contributed by atoms with van der Waals surface area (Å²) in [6.07, 6.45) is 2.20. The summed E-state index contributed by atoms with van der Waals surface area (Å²) in [6, 6.07) is 6.32. The third-order valence-corrected chi connectivity index (χ3v) is 2.75. The van der Waals surface area contributed by atoms with Crippen molar-refractivity contribution in [3.05, 3.63) is 29.8 Å². The average Bonchev–Trinajstić information content (AvgIpc) is 2.48. The third kappa shape index (κ3) is 6.39. The van der Waals surface area contributed by atoms with Crippen LogP contribution in [0.3, 0.4) is 0 Å². The smallest absolute Gasteiger partial charge is 0.341 e. The van der Waals surface area contributed by atoms with Crippen LogP contribution in [-0.4, -0.2) is 24.6 Å². The number of rotatable bonds is 8. The predicted octanol–water partition coefficient (Wildman–Crippen LogP) is 2.88. The highest BCUT2D eigenvalue weighted by Gasteiger charge is 2.09. The van der Waals surface area contributed by atoms with E-state index in [1.165, 1.54) is 12.1 Å². The standard InChI is InChI=1S/C16H21NO5/c1-3-5-14(18)17-13-9-7-12(8-10-13)16(20)22-11-21-15(19)6-4-2/h7-10H,3-6,11H2,1-2H3,(H,17,18). The number of esters is 2. The second kappa shape index (κ2) is 9.55. The van der Waals surface area contributed by atoms with E-state index >= 15 is 0 Å². The topological polar surface area (TPSA) is 81.7 Å². The molecule has 1 aromatic rings. The Morgan fingerprint density at radius 1 is 0.955 bits per heavy atom. The lowest BCUT2D eigenvalue weighted by molar-refractivity contribution is -0.152. The summed E-state index contributed by atoms with van der Waals surface area (Å²) in [6.45, 7) is 3.38. The van der Waals surface area contributed by atoms with E-state index in [1.807, 2.05) is 13.8 Å². The lowest BCUT2D eigenvalue weighted by Crippen LogP contribution is -2.13. The minimum absolute atomic E-state index is 0.0688. The van der Waals surface area contributed by atoms with Crippen LogP contribution in [0, 0.1) is 0 Å². The van der Waals surface area contributed by atoms with E-state index in [0.717, 1.165) is 6.42 Å². The van der Waals surface area contributed by atoms with Crippen LogP contribution in [0.5, 0.6) is 0 Å². The van der Waals surface area contributed by atoms with Crippen LogP contribution >= 0.6 is 0 Å². The van der Waals surface area contributed by atoms with Crippen molar-refractivity contribution in [2.45, 2.75) is 39.5 Å². The molecule has 0 aliphatic carbocycles. The molecule has 0 unspecified atom stereocenters. The lowest BCUT2D eigenvalue weighted by Gasteiger charge is -2.07. The minimum atomic E-state index is -0.587. The molecule has 0 radical (unpaired) electrons. The van der Waals surface area contributed by atoms with Gasteiger partial charge in [0.15, 0.2) is 0 Å². The molecule has 0 aromatic heterocycles. The van der Waals surface area contributed by atoms with Crippen LogP contribution in [0.15, 0.2) is 24.3 Å². The highest BCUT2D eigenvalue weighted by atomic mass is 16.7. The zero-order chi connectivity index (χ0) is 16.4. The summed E-state index contributed by atoms with van der Waals surface area (Å²) in [5.41, 5.74) is 0.935. The molecule has 1 rings (SSSR count). The average molecular weight is 307 g/mol. The quantitative estimate of drug-likeness (QED) is 0.590. The fourth-order valence-corrected chi connectivity index (χ4v) is 1.65. The molecule has 0 heterocycles. The molecule has 22 heavy (non-hydrogen) atoms. The summed E-state index contributed by atoms with van der Waals surface area (Å²) in [4.78, 5) is 34.3. The molecule has 1 aromatic carbocycles. The summed E-state index contributed by atoms with van der Waals surface area (Å²) in [5, 5.41) is 2.72. The van der Waals surface area contributed by atoms with Gasteiger partial charge in [-0.25, -0.2) is 4.79 Å². The first kappa shape index (κ1) is 17.7. The number of amides is 1. The Hall–Kier alpha value is -2.37. The van der Waals surface area contributed by atoms with Gasteiger partial charge in [-0.15, -0.1) is 0 Å². The maximum Gasteiger partial charge on any atom is 0.341 e. The molecule has 0 atom stereocenters. The maximum absolute atomic E-state index is 11.7. The number of anilines is 1. The van der Waals surface area contributed by atoms with E-state index < -0.39 is 18.7 Å². The molecule has 0 fully saturated rings. The van der Waals surface area contributed by atoms with Crippen molar-refractivity contribution < 1.29 is 23.9 Å². The van der Waals surface area contributed by atoms with Crippen molar-refractivity contribution in [3.8, 4) is 0 Å². The number of ether oxygens (including phenoxy) is 2. The Morgan fingerprint density at radius 2 is 1.59 bits per heavy atom. The highest BCUT2D eigenvalue weighted by Crippen LogP contribution is 2.11. The molecule has 6 heteroatoms. The second-order valence-electron chi connectivity index (χ2n) is 4.69. The van der Waals surface area contributed by atoms with Gasteiger partial charge >= 0.3 is 11.9 Å². The summed E-state index contributed by atoms with van der Waals surface area (Å²) in [5.74, 6) is -1.05. The maximum atomic E-state index is 11.7. The van der Waals surface area contributed by atoms with Crippen LogP contribution in [-0.2, 0) is 19.1 Å². The molecule has 1 amide bonds. The Balaban J connectivity index is 2.43. The van der Waals surface area contributed by atoms with Gasteiger partial charge in [-0.3, -0.25) is 9.59 Å². The summed E-state index contributed by atoms with van der Waals surface area (Å²) >= 11 is 0. The van der Waals surface area contributed by atoms with Crippen LogP contribution < -0.4 is 5.32 Å². The first-order chi connectivity index (χ1) is 10.6. The number of carbonyl (C=O) groups excluding carboxylic acids is 3. The summed E-state index contributed by atoms with van der Waals surface area (Å²) < 4.78 is 9.57. The Morgan fingerprint density at radius 3 is 2.18 bits per heavy atom. The Labute approximate surface area is 129 Å². The first-order valence-electron chi connectivity index (χ1n) is 7.29. The lowest BCUT2D eigenvalue weighted by atomic mass is 10.2. The molecule has 6 nitrogen and oxygen atoms in total. The zero-order valence-corrected chi connectivity index (χ0v) is 12.9. The van der Waals surface area contributed by atoms with Crippen molar-refractivity contribution >= 4 is 23.5 Å². The van der Waals surface area contributed by atoms with Crippen LogP contribution in [0.2, 0.25) is 0 Å². The van der Waals surface area contributed by atoms with Gasteiger partial charge in [-0.1, -0.05) is 13.8 Å². The molecular weight excluding hydrogens is 286 g/mol. The van der Waals surface area contributed by atoms with Gasteiger partial charge in [0.1, 0.15) is 0 Å². The van der Waals surface area contributed by atoms with Crippen molar-refractivity contribution in [2.24, 2.45) is 0 Å². The SMILES string of the molecule is CCCC(=O)Nc1ccc(C(=O)OCOC(=O)CCC)cc1. The number of benzene rings is 1. The van der Waals surface area contributed by atoms with Crippen molar-refractivity contribution in [3.63, 3.8) is 0 Å². The number of nitrogens with one attached hydrogen (secondary N) is 1. The molecule has 120 valence electrons. The highest BCUT2D eigenvalue weighted by molar-refractivity contribution is 5.93. The fraction of sp³-hybridized carbons (Fsp3) is 0.438. The molecule has 0 saturated carbocycles. The van der Waals surface area contributed by atoms with E-state index in [4.69, 9.17) is 9.47 Å². The van der Waals surface area contributed by atoms with Crippen LogP contribution in [0.25, 0.3) is 0 Å². The molecular formula is C16H21NO5. The largest absolute Gasteiger partial charge is 0.428 e. The number of carbonyl (C=O) groups is 3. The van der Waals surface area contributed by atoms with Gasteiger partial charge in [0.25, 0.3) is 0 Å². The third-order valence-electron chi connectivity index (χ3n) is 2.75. The molecule has 0 spiro atoms. The van der Waals surface area contributed by atoms with Gasteiger partial charge in [0.2, 0.25) is 12.7 Å². The second-order valence-corrected chi connectivity index (χ2v) is 4.69. The van der Waals surface area contributed by atoms with Crippen molar-refractivity contribution in [2.75, 3.05) is 12.1 Å². The predicted molar refractivity (Wildman–Crippen MR) is 81.3 cm³/mol. The number of hydrogen-bond donors (Lipinski definition) is 1. The Kier molecular flexibility index (Phi) is 7.67. The Bertz CT molecular complexity index is 510. The van der Waals surface area contributed by atoms with E-state index in [9.17, 15) is 14.4 Å². The molecule has 0 aliphatic rings. The van der Waals surface area contributed by atoms with E-state index in [2.05, 4.69) is 5.32 Å². The fourth-order valence-electron chi connectivity index (χ4n) is 1.65. The van der Waals surface area contributed by atoms with Gasteiger partial charge in [-0.05, 0) is 37.1 Å². The number of hydrogen-bond acceptors (Lipinski definition) is 5. The molecule has 0 bridgehead atoms.